The van der Waals surface area contributed by atoms with Gasteiger partial charge in [-0.15, -0.1) is 0 Å². The van der Waals surface area contributed by atoms with Crippen LogP contribution in [0.3, 0.4) is 0 Å². The minimum absolute atomic E-state index is 0.0323. The number of hydrogen-bond donors (Lipinski definition) is 1. The SMILES string of the molecule is CN(C)C1(C(O)CC2Cc3ccccc32)CCCC1. The zero-order chi connectivity index (χ0) is 13.5. The molecule has 1 aromatic carbocycles. The highest BCUT2D eigenvalue weighted by Gasteiger charge is 2.44. The minimum Gasteiger partial charge on any atom is -0.391 e. The predicted molar refractivity (Wildman–Crippen MR) is 78.4 cm³/mol. The minimum atomic E-state index is -0.191. The summed E-state index contributed by atoms with van der Waals surface area (Å²) in [5, 5.41) is 10.8. The summed E-state index contributed by atoms with van der Waals surface area (Å²) in [5.41, 5.74) is 2.98. The van der Waals surface area contributed by atoms with E-state index in [1.165, 1.54) is 24.0 Å². The largest absolute Gasteiger partial charge is 0.391 e. The van der Waals surface area contributed by atoms with Crippen LogP contribution in [0.15, 0.2) is 24.3 Å². The number of aliphatic hydroxyl groups is 1. The van der Waals surface area contributed by atoms with Gasteiger partial charge in [0.05, 0.1) is 6.10 Å². The van der Waals surface area contributed by atoms with Gasteiger partial charge < -0.3 is 10.0 Å². The highest BCUT2D eigenvalue weighted by molar-refractivity contribution is 5.40. The van der Waals surface area contributed by atoms with E-state index < -0.39 is 0 Å². The first-order valence-electron chi connectivity index (χ1n) is 7.57. The van der Waals surface area contributed by atoms with Gasteiger partial charge in [-0.3, -0.25) is 0 Å². The summed E-state index contributed by atoms with van der Waals surface area (Å²) in [6.07, 6.45) is 6.70. The summed E-state index contributed by atoms with van der Waals surface area (Å²) in [5.74, 6) is 0.573. The zero-order valence-electron chi connectivity index (χ0n) is 12.1. The third-order valence-electron chi connectivity index (χ3n) is 5.45. The Hall–Kier alpha value is -0.860. The molecule has 0 radical (unpaired) electrons. The van der Waals surface area contributed by atoms with Gasteiger partial charge in [-0.25, -0.2) is 0 Å². The van der Waals surface area contributed by atoms with E-state index in [0.29, 0.717) is 5.92 Å². The summed E-state index contributed by atoms with van der Waals surface area (Å²) in [7, 11) is 4.26. The van der Waals surface area contributed by atoms with Crippen LogP contribution in [0.2, 0.25) is 0 Å². The van der Waals surface area contributed by atoms with Crippen molar-refractivity contribution in [3.8, 4) is 0 Å². The van der Waals surface area contributed by atoms with E-state index in [0.717, 1.165) is 25.7 Å². The van der Waals surface area contributed by atoms with Crippen LogP contribution < -0.4 is 0 Å². The highest BCUT2D eigenvalue weighted by Crippen LogP contribution is 2.44. The van der Waals surface area contributed by atoms with E-state index in [-0.39, 0.29) is 11.6 Å². The molecule has 2 unspecified atom stereocenters. The first-order chi connectivity index (χ1) is 9.13. The summed E-state index contributed by atoms with van der Waals surface area (Å²) in [6, 6.07) is 8.68. The molecular weight excluding hydrogens is 234 g/mol. The molecule has 19 heavy (non-hydrogen) atoms. The normalized spacial score (nSPS) is 26.0. The molecule has 2 heteroatoms. The fraction of sp³-hybridized carbons (Fsp3) is 0.647. The van der Waals surface area contributed by atoms with Crippen LogP contribution in [-0.2, 0) is 6.42 Å². The summed E-state index contributed by atoms with van der Waals surface area (Å²) in [4.78, 5) is 2.27. The van der Waals surface area contributed by atoms with Gasteiger partial charge in [0.2, 0.25) is 0 Å². The smallest absolute Gasteiger partial charge is 0.0729 e. The van der Waals surface area contributed by atoms with Crippen molar-refractivity contribution in [1.29, 1.82) is 0 Å². The molecule has 3 rings (SSSR count). The van der Waals surface area contributed by atoms with Crippen LogP contribution in [0.5, 0.6) is 0 Å². The number of likely N-dealkylation sites (N-methyl/N-ethyl adjacent to an activating group) is 1. The molecule has 0 aromatic heterocycles. The molecule has 1 N–H and O–H groups in total. The molecule has 1 saturated carbocycles. The number of nitrogens with zero attached hydrogens (tertiary/aromatic N) is 1. The lowest BCUT2D eigenvalue weighted by Gasteiger charge is -2.43. The topological polar surface area (TPSA) is 23.5 Å². The van der Waals surface area contributed by atoms with Crippen molar-refractivity contribution < 1.29 is 5.11 Å². The van der Waals surface area contributed by atoms with Gasteiger partial charge in [0.1, 0.15) is 0 Å². The maximum atomic E-state index is 10.8. The average Bonchev–Trinajstić information content (AvgIpc) is 2.86. The molecular formula is C17H25NO. The third kappa shape index (κ3) is 2.11. The van der Waals surface area contributed by atoms with E-state index in [9.17, 15) is 5.11 Å². The molecule has 1 aromatic rings. The maximum Gasteiger partial charge on any atom is 0.0729 e. The second-order valence-corrected chi connectivity index (χ2v) is 6.56. The number of fused-ring (bicyclic) bond motifs is 1. The van der Waals surface area contributed by atoms with E-state index >= 15 is 0 Å². The summed E-state index contributed by atoms with van der Waals surface area (Å²) in [6.45, 7) is 0. The number of benzene rings is 1. The van der Waals surface area contributed by atoms with Gasteiger partial charge in [-0.2, -0.15) is 0 Å². The van der Waals surface area contributed by atoms with E-state index in [2.05, 4.69) is 43.3 Å². The lowest BCUT2D eigenvalue weighted by molar-refractivity contribution is -0.0129. The van der Waals surface area contributed by atoms with Gasteiger partial charge in [0, 0.05) is 5.54 Å². The first-order valence-corrected chi connectivity index (χ1v) is 7.57. The lowest BCUT2D eigenvalue weighted by atomic mass is 9.72. The Kier molecular flexibility index (Phi) is 3.40. The zero-order valence-corrected chi connectivity index (χ0v) is 12.1. The molecule has 0 saturated heterocycles. The lowest BCUT2D eigenvalue weighted by Crippen LogP contribution is -2.52. The van der Waals surface area contributed by atoms with Gasteiger partial charge in [-0.1, -0.05) is 37.1 Å². The Morgan fingerprint density at radius 2 is 1.95 bits per heavy atom. The van der Waals surface area contributed by atoms with Crippen LogP contribution in [0.25, 0.3) is 0 Å². The molecule has 1 fully saturated rings. The molecule has 0 spiro atoms. The van der Waals surface area contributed by atoms with Crippen LogP contribution in [-0.4, -0.2) is 35.7 Å². The van der Waals surface area contributed by atoms with Crippen LogP contribution in [0, 0.1) is 0 Å². The van der Waals surface area contributed by atoms with Gasteiger partial charge >= 0.3 is 0 Å². The standard InChI is InChI=1S/C17H25NO/c1-18(2)17(9-5-6-10-17)16(19)12-14-11-13-7-3-4-8-15(13)14/h3-4,7-8,14,16,19H,5-6,9-12H2,1-2H3. The molecule has 2 aliphatic carbocycles. The van der Waals surface area contributed by atoms with Crippen molar-refractivity contribution in [3.63, 3.8) is 0 Å². The fourth-order valence-corrected chi connectivity index (χ4v) is 4.13. The molecule has 104 valence electrons. The Bertz CT molecular complexity index is 448. The second-order valence-electron chi connectivity index (χ2n) is 6.56. The van der Waals surface area contributed by atoms with Crippen molar-refractivity contribution in [2.24, 2.45) is 0 Å². The summed E-state index contributed by atoms with van der Waals surface area (Å²) < 4.78 is 0. The first kappa shape index (κ1) is 13.1. The Morgan fingerprint density at radius 3 is 2.58 bits per heavy atom. The van der Waals surface area contributed by atoms with Crippen LogP contribution in [0.4, 0.5) is 0 Å². The van der Waals surface area contributed by atoms with E-state index in [1.807, 2.05) is 0 Å². The van der Waals surface area contributed by atoms with Crippen molar-refractivity contribution in [3.05, 3.63) is 35.4 Å². The van der Waals surface area contributed by atoms with Crippen molar-refractivity contribution in [2.75, 3.05) is 14.1 Å². The molecule has 0 bridgehead atoms. The Balaban J connectivity index is 1.71. The van der Waals surface area contributed by atoms with Crippen molar-refractivity contribution in [2.45, 2.75) is 56.1 Å². The van der Waals surface area contributed by atoms with Gasteiger partial charge in [-0.05, 0) is 56.8 Å². The van der Waals surface area contributed by atoms with E-state index in [1.54, 1.807) is 0 Å². The summed E-state index contributed by atoms with van der Waals surface area (Å²) >= 11 is 0. The third-order valence-corrected chi connectivity index (χ3v) is 5.45. The van der Waals surface area contributed by atoms with Crippen molar-refractivity contribution >= 4 is 0 Å². The van der Waals surface area contributed by atoms with E-state index in [4.69, 9.17) is 0 Å². The van der Waals surface area contributed by atoms with Gasteiger partial charge in [0.25, 0.3) is 0 Å². The Morgan fingerprint density at radius 1 is 1.26 bits per heavy atom. The van der Waals surface area contributed by atoms with Crippen LogP contribution in [0.1, 0.15) is 49.1 Å². The maximum absolute atomic E-state index is 10.8. The molecule has 0 heterocycles. The van der Waals surface area contributed by atoms with Gasteiger partial charge in [0.15, 0.2) is 0 Å². The molecule has 0 aliphatic heterocycles. The number of rotatable bonds is 4. The number of hydrogen-bond acceptors (Lipinski definition) is 2. The predicted octanol–water partition coefficient (Wildman–Crippen LogP) is 2.95. The Labute approximate surface area is 116 Å². The molecule has 0 amide bonds. The molecule has 2 aliphatic rings. The molecule has 2 atom stereocenters. The fourth-order valence-electron chi connectivity index (χ4n) is 4.13. The highest BCUT2D eigenvalue weighted by atomic mass is 16.3. The molecule has 2 nitrogen and oxygen atoms in total. The van der Waals surface area contributed by atoms with Crippen LogP contribution >= 0.6 is 0 Å². The quantitative estimate of drug-likeness (QED) is 0.898. The second kappa shape index (κ2) is 4.92. The number of aliphatic hydroxyl groups excluding tert-OH is 1. The average molecular weight is 259 g/mol. The van der Waals surface area contributed by atoms with Crippen molar-refractivity contribution in [1.82, 2.24) is 4.90 Å². The monoisotopic (exact) mass is 259 g/mol.